The van der Waals surface area contributed by atoms with Crippen molar-refractivity contribution < 1.29 is 13.2 Å². The molecule has 0 aliphatic carbocycles. The van der Waals surface area contributed by atoms with E-state index in [1.165, 1.54) is 6.26 Å². The zero-order chi connectivity index (χ0) is 19.3. The van der Waals surface area contributed by atoms with Gasteiger partial charge in [-0.1, -0.05) is 60.7 Å². The van der Waals surface area contributed by atoms with Gasteiger partial charge < -0.3 is 4.90 Å². The molecule has 0 saturated carbocycles. The Morgan fingerprint density at radius 2 is 1.63 bits per heavy atom. The van der Waals surface area contributed by atoms with Crippen molar-refractivity contribution in [2.75, 3.05) is 25.9 Å². The monoisotopic (exact) mass is 386 g/mol. The van der Waals surface area contributed by atoms with Crippen LogP contribution in [0.2, 0.25) is 0 Å². The van der Waals surface area contributed by atoms with E-state index in [1.54, 1.807) is 0 Å². The maximum atomic E-state index is 13.4. The second kappa shape index (κ2) is 8.67. The van der Waals surface area contributed by atoms with Gasteiger partial charge in [0.15, 0.2) is 0 Å². The highest BCUT2D eigenvalue weighted by Crippen LogP contribution is 2.29. The Morgan fingerprint density at radius 3 is 2.15 bits per heavy atom. The Labute approximate surface area is 161 Å². The number of hydrogen-bond acceptors (Lipinski definition) is 3. The fourth-order valence-corrected chi connectivity index (χ4v) is 4.19. The predicted molar refractivity (Wildman–Crippen MR) is 107 cm³/mol. The first-order valence-electron chi connectivity index (χ1n) is 9.27. The topological polar surface area (TPSA) is 66.5 Å². The first kappa shape index (κ1) is 19.6. The van der Waals surface area contributed by atoms with E-state index in [2.05, 4.69) is 4.72 Å². The highest BCUT2D eigenvalue weighted by atomic mass is 32.2. The molecule has 1 atom stereocenters. The van der Waals surface area contributed by atoms with E-state index < -0.39 is 10.0 Å². The summed E-state index contributed by atoms with van der Waals surface area (Å²) in [5.41, 5.74) is 1.95. The van der Waals surface area contributed by atoms with Crippen molar-refractivity contribution in [3.05, 3.63) is 71.8 Å². The molecule has 0 radical (unpaired) electrons. The Hall–Kier alpha value is -2.18. The average molecular weight is 387 g/mol. The minimum absolute atomic E-state index is 0.0801. The summed E-state index contributed by atoms with van der Waals surface area (Å²) in [6.45, 7) is 1.67. The maximum Gasteiger partial charge on any atom is 0.234 e. The van der Waals surface area contributed by atoms with Crippen molar-refractivity contribution in [1.82, 2.24) is 9.62 Å². The molecule has 144 valence electrons. The molecule has 1 aliphatic heterocycles. The van der Waals surface area contributed by atoms with Crippen LogP contribution in [0.25, 0.3) is 0 Å². The van der Waals surface area contributed by atoms with E-state index in [-0.39, 0.29) is 17.7 Å². The molecule has 1 fully saturated rings. The molecule has 5 nitrogen and oxygen atoms in total. The predicted octanol–water partition coefficient (Wildman–Crippen LogP) is 2.61. The van der Waals surface area contributed by atoms with Crippen LogP contribution in [-0.4, -0.2) is 45.1 Å². The van der Waals surface area contributed by atoms with Crippen LogP contribution in [0.1, 0.15) is 29.9 Å². The number of rotatable bonds is 6. The second-order valence-corrected chi connectivity index (χ2v) is 9.00. The summed E-state index contributed by atoms with van der Waals surface area (Å²) in [7, 11) is -3.22. The van der Waals surface area contributed by atoms with Gasteiger partial charge in [-0.2, -0.15) is 0 Å². The summed E-state index contributed by atoms with van der Waals surface area (Å²) in [4.78, 5) is 15.3. The number of piperidine rings is 1. The number of hydrogen-bond donors (Lipinski definition) is 1. The van der Waals surface area contributed by atoms with Crippen molar-refractivity contribution in [2.45, 2.75) is 18.8 Å². The fourth-order valence-electron chi connectivity index (χ4n) is 3.65. The molecule has 0 spiro atoms. The Kier molecular flexibility index (Phi) is 6.29. The SMILES string of the molecule is CS(=O)(=O)NCC1CCCN(C(=O)C(c2ccccc2)c2ccccc2)C1. The highest BCUT2D eigenvalue weighted by molar-refractivity contribution is 7.88. The number of sulfonamides is 1. The van der Waals surface area contributed by atoms with Gasteiger partial charge in [-0.25, -0.2) is 13.1 Å². The summed E-state index contributed by atoms with van der Waals surface area (Å²) < 4.78 is 25.3. The average Bonchev–Trinajstić information content (AvgIpc) is 2.68. The lowest BCUT2D eigenvalue weighted by atomic mass is 9.88. The van der Waals surface area contributed by atoms with Gasteiger partial charge in [-0.05, 0) is 29.9 Å². The zero-order valence-corrected chi connectivity index (χ0v) is 16.4. The number of benzene rings is 2. The molecule has 1 heterocycles. The standard InChI is InChI=1S/C21H26N2O3S/c1-27(25,26)22-15-17-9-8-14-23(16-17)21(24)20(18-10-4-2-5-11-18)19-12-6-3-7-13-19/h2-7,10-13,17,20,22H,8-9,14-16H2,1H3. The molecule has 0 aromatic heterocycles. The number of amides is 1. The van der Waals surface area contributed by atoms with Crippen LogP contribution in [0.3, 0.4) is 0 Å². The van der Waals surface area contributed by atoms with Crippen molar-refractivity contribution >= 4 is 15.9 Å². The maximum absolute atomic E-state index is 13.4. The molecule has 1 aliphatic rings. The Balaban J connectivity index is 1.79. The smallest absolute Gasteiger partial charge is 0.234 e. The number of carbonyl (C=O) groups excluding carboxylic acids is 1. The van der Waals surface area contributed by atoms with Gasteiger partial charge in [0.2, 0.25) is 15.9 Å². The molecule has 27 heavy (non-hydrogen) atoms. The van der Waals surface area contributed by atoms with Crippen LogP contribution in [0.5, 0.6) is 0 Å². The van der Waals surface area contributed by atoms with Gasteiger partial charge in [0, 0.05) is 19.6 Å². The summed E-state index contributed by atoms with van der Waals surface area (Å²) >= 11 is 0. The number of nitrogens with zero attached hydrogens (tertiary/aromatic N) is 1. The Bertz CT molecular complexity index is 814. The Morgan fingerprint density at radius 1 is 1.07 bits per heavy atom. The second-order valence-electron chi connectivity index (χ2n) is 7.17. The molecular weight excluding hydrogens is 360 g/mol. The van der Waals surface area contributed by atoms with Gasteiger partial charge in [0.1, 0.15) is 0 Å². The van der Waals surface area contributed by atoms with Crippen LogP contribution >= 0.6 is 0 Å². The molecule has 1 saturated heterocycles. The third-order valence-corrected chi connectivity index (χ3v) is 5.67. The van der Waals surface area contributed by atoms with Crippen molar-refractivity contribution in [2.24, 2.45) is 5.92 Å². The van der Waals surface area contributed by atoms with Crippen molar-refractivity contribution in [1.29, 1.82) is 0 Å². The lowest BCUT2D eigenvalue weighted by Crippen LogP contribution is -2.45. The fraction of sp³-hybridized carbons (Fsp3) is 0.381. The number of likely N-dealkylation sites (tertiary alicyclic amines) is 1. The van der Waals surface area contributed by atoms with Gasteiger partial charge in [-0.15, -0.1) is 0 Å². The molecule has 0 bridgehead atoms. The minimum atomic E-state index is -3.22. The lowest BCUT2D eigenvalue weighted by molar-refractivity contribution is -0.133. The van der Waals surface area contributed by atoms with Crippen LogP contribution in [-0.2, 0) is 14.8 Å². The quantitative estimate of drug-likeness (QED) is 0.830. The summed E-state index contributed by atoms with van der Waals surface area (Å²) in [6, 6.07) is 19.7. The van der Waals surface area contributed by atoms with Crippen LogP contribution in [0, 0.1) is 5.92 Å². The molecular formula is C21H26N2O3S. The largest absolute Gasteiger partial charge is 0.342 e. The molecule has 1 amide bonds. The van der Waals surface area contributed by atoms with Gasteiger partial charge in [0.05, 0.1) is 12.2 Å². The summed E-state index contributed by atoms with van der Waals surface area (Å²) in [5, 5.41) is 0. The van der Waals surface area contributed by atoms with E-state index in [0.29, 0.717) is 19.6 Å². The number of carbonyl (C=O) groups is 1. The van der Waals surface area contributed by atoms with Gasteiger partial charge in [-0.3, -0.25) is 4.79 Å². The molecule has 2 aromatic rings. The first-order valence-corrected chi connectivity index (χ1v) is 11.2. The highest BCUT2D eigenvalue weighted by Gasteiger charge is 2.31. The van der Waals surface area contributed by atoms with E-state index in [0.717, 1.165) is 24.0 Å². The molecule has 1 unspecified atom stereocenters. The van der Waals surface area contributed by atoms with Crippen molar-refractivity contribution in [3.63, 3.8) is 0 Å². The minimum Gasteiger partial charge on any atom is -0.342 e. The number of nitrogens with one attached hydrogen (secondary N) is 1. The molecule has 2 aromatic carbocycles. The third-order valence-electron chi connectivity index (χ3n) is 4.98. The normalized spacial score (nSPS) is 17.9. The third kappa shape index (κ3) is 5.40. The van der Waals surface area contributed by atoms with Crippen LogP contribution in [0.15, 0.2) is 60.7 Å². The van der Waals surface area contributed by atoms with E-state index in [9.17, 15) is 13.2 Å². The van der Waals surface area contributed by atoms with Gasteiger partial charge >= 0.3 is 0 Å². The first-order chi connectivity index (χ1) is 12.9. The van der Waals surface area contributed by atoms with E-state index in [1.807, 2.05) is 65.6 Å². The summed E-state index contributed by atoms with van der Waals surface area (Å²) in [5.74, 6) is -0.116. The van der Waals surface area contributed by atoms with Crippen molar-refractivity contribution in [3.8, 4) is 0 Å². The molecule has 1 N–H and O–H groups in total. The van der Waals surface area contributed by atoms with E-state index >= 15 is 0 Å². The summed E-state index contributed by atoms with van der Waals surface area (Å²) in [6.07, 6.45) is 2.98. The lowest BCUT2D eigenvalue weighted by Gasteiger charge is -2.35. The van der Waals surface area contributed by atoms with Crippen LogP contribution in [0.4, 0.5) is 0 Å². The van der Waals surface area contributed by atoms with Crippen LogP contribution < -0.4 is 4.72 Å². The van der Waals surface area contributed by atoms with Gasteiger partial charge in [0.25, 0.3) is 0 Å². The van der Waals surface area contributed by atoms with E-state index in [4.69, 9.17) is 0 Å². The molecule has 6 heteroatoms. The molecule has 3 rings (SSSR count). The zero-order valence-electron chi connectivity index (χ0n) is 15.5.